The highest BCUT2D eigenvalue weighted by molar-refractivity contribution is 14.0. The molecule has 1 heterocycles. The molecule has 0 saturated carbocycles. The fourth-order valence-electron chi connectivity index (χ4n) is 3.28. The average Bonchev–Trinajstić information content (AvgIpc) is 2.69. The smallest absolute Gasteiger partial charge is 0.191 e. The van der Waals surface area contributed by atoms with E-state index in [2.05, 4.69) is 42.0 Å². The summed E-state index contributed by atoms with van der Waals surface area (Å²) < 4.78 is 5.72. The summed E-state index contributed by atoms with van der Waals surface area (Å²) in [5.41, 5.74) is 1.08. The maximum atomic E-state index is 5.72. The van der Waals surface area contributed by atoms with Gasteiger partial charge in [-0.3, -0.25) is 0 Å². The van der Waals surface area contributed by atoms with E-state index in [0.29, 0.717) is 19.1 Å². The van der Waals surface area contributed by atoms with Gasteiger partial charge in [-0.1, -0.05) is 37.8 Å². The van der Waals surface area contributed by atoms with Crippen molar-refractivity contribution in [3.63, 3.8) is 0 Å². The summed E-state index contributed by atoms with van der Waals surface area (Å²) in [6.45, 7) is 14.5. The van der Waals surface area contributed by atoms with Crippen molar-refractivity contribution in [2.45, 2.75) is 33.2 Å². The molecule has 6 heteroatoms. The zero-order valence-corrected chi connectivity index (χ0v) is 19.1. The molecule has 1 aliphatic heterocycles. The number of hydrogen-bond acceptors (Lipinski definition) is 3. The minimum Gasteiger partial charge on any atom is -0.489 e. The van der Waals surface area contributed by atoms with Crippen LogP contribution in [-0.4, -0.2) is 50.2 Å². The van der Waals surface area contributed by atoms with Crippen LogP contribution >= 0.6 is 24.0 Å². The molecule has 27 heavy (non-hydrogen) atoms. The Labute approximate surface area is 181 Å². The van der Waals surface area contributed by atoms with Gasteiger partial charge in [0.2, 0.25) is 0 Å². The number of ether oxygens (including phenoxy) is 1. The molecule has 1 aliphatic rings. The molecule has 152 valence electrons. The molecule has 1 aromatic carbocycles. The fraction of sp³-hybridized carbons (Fsp3) is 0.571. The molecule has 0 spiro atoms. The molecule has 1 unspecified atom stereocenters. The van der Waals surface area contributed by atoms with Crippen LogP contribution in [0.15, 0.2) is 41.9 Å². The van der Waals surface area contributed by atoms with Crippen LogP contribution in [0, 0.1) is 5.92 Å². The molecule has 0 amide bonds. The molecule has 1 aromatic rings. The quantitative estimate of drug-likeness (QED) is 0.242. The first-order chi connectivity index (χ1) is 12.8. The third kappa shape index (κ3) is 8.51. The zero-order chi connectivity index (χ0) is 18.6. The number of hydrogen-bond donors (Lipinski definition) is 2. The predicted octanol–water partition coefficient (Wildman–Crippen LogP) is 3.66. The number of guanidine groups is 1. The Balaban J connectivity index is 0.00000364. The Morgan fingerprint density at radius 2 is 2.15 bits per heavy atom. The van der Waals surface area contributed by atoms with Gasteiger partial charge in [0.15, 0.2) is 5.96 Å². The predicted molar refractivity (Wildman–Crippen MR) is 125 cm³/mol. The number of benzene rings is 1. The second-order valence-electron chi connectivity index (χ2n) is 6.68. The van der Waals surface area contributed by atoms with Crippen LogP contribution in [0.1, 0.15) is 32.3 Å². The standard InChI is InChI=1S/C21H34N4O.HI/c1-4-14-26-20-12-8-7-11-19(20)16-24-21(22-5-2)23-15-18-10-9-13-25(6-3)17-18;/h4,7-8,11-12,18H,1,5-6,9-10,13-17H2,2-3H3,(H2,22,23,24);1H. The van der Waals surface area contributed by atoms with E-state index < -0.39 is 0 Å². The average molecular weight is 486 g/mol. The van der Waals surface area contributed by atoms with E-state index in [-0.39, 0.29) is 24.0 Å². The van der Waals surface area contributed by atoms with Crippen LogP contribution in [0.3, 0.4) is 0 Å². The van der Waals surface area contributed by atoms with Crippen molar-refractivity contribution < 1.29 is 4.74 Å². The lowest BCUT2D eigenvalue weighted by atomic mass is 9.98. The van der Waals surface area contributed by atoms with Gasteiger partial charge in [-0.15, -0.1) is 24.0 Å². The van der Waals surface area contributed by atoms with Gasteiger partial charge in [-0.25, -0.2) is 4.99 Å². The summed E-state index contributed by atoms with van der Waals surface area (Å²) >= 11 is 0. The van der Waals surface area contributed by atoms with Gasteiger partial charge in [0.1, 0.15) is 12.4 Å². The largest absolute Gasteiger partial charge is 0.489 e. The van der Waals surface area contributed by atoms with Crippen molar-refractivity contribution in [3.8, 4) is 5.75 Å². The monoisotopic (exact) mass is 486 g/mol. The third-order valence-electron chi connectivity index (χ3n) is 4.69. The molecule has 2 N–H and O–H groups in total. The molecular weight excluding hydrogens is 451 g/mol. The van der Waals surface area contributed by atoms with Crippen molar-refractivity contribution in [2.24, 2.45) is 10.9 Å². The van der Waals surface area contributed by atoms with Gasteiger partial charge in [0.25, 0.3) is 0 Å². The van der Waals surface area contributed by atoms with E-state index in [1.54, 1.807) is 6.08 Å². The number of para-hydroxylation sites is 1. The Hall–Kier alpha value is -1.28. The normalized spacial score (nSPS) is 17.7. The molecule has 0 aromatic heterocycles. The van der Waals surface area contributed by atoms with E-state index in [1.165, 1.54) is 25.9 Å². The minimum absolute atomic E-state index is 0. The number of likely N-dealkylation sites (tertiary alicyclic amines) is 1. The van der Waals surface area contributed by atoms with Crippen LogP contribution in [0.2, 0.25) is 0 Å². The second-order valence-corrected chi connectivity index (χ2v) is 6.68. The van der Waals surface area contributed by atoms with E-state index in [1.807, 2.05) is 18.2 Å². The molecule has 1 atom stereocenters. The van der Waals surface area contributed by atoms with Crippen LogP contribution in [0.25, 0.3) is 0 Å². The van der Waals surface area contributed by atoms with Gasteiger partial charge >= 0.3 is 0 Å². The molecule has 0 aliphatic carbocycles. The summed E-state index contributed by atoms with van der Waals surface area (Å²) in [7, 11) is 0. The van der Waals surface area contributed by atoms with Gasteiger partial charge in [0, 0.05) is 25.2 Å². The molecular formula is C21H35IN4O. The molecule has 1 saturated heterocycles. The first-order valence-corrected chi connectivity index (χ1v) is 9.82. The first kappa shape index (κ1) is 23.8. The van der Waals surface area contributed by atoms with Crippen LogP contribution < -0.4 is 15.4 Å². The highest BCUT2D eigenvalue weighted by atomic mass is 127. The summed E-state index contributed by atoms with van der Waals surface area (Å²) in [5, 5.41) is 6.87. The lowest BCUT2D eigenvalue weighted by Crippen LogP contribution is -2.44. The van der Waals surface area contributed by atoms with E-state index in [4.69, 9.17) is 9.73 Å². The van der Waals surface area contributed by atoms with Gasteiger partial charge in [-0.05, 0) is 44.8 Å². The Kier molecular flexibility index (Phi) is 12.2. The maximum absolute atomic E-state index is 5.72. The van der Waals surface area contributed by atoms with Crippen molar-refractivity contribution in [1.29, 1.82) is 0 Å². The third-order valence-corrected chi connectivity index (χ3v) is 4.69. The number of aliphatic imine (C=N–C) groups is 1. The Bertz CT molecular complexity index is 579. The first-order valence-electron chi connectivity index (χ1n) is 9.82. The van der Waals surface area contributed by atoms with Crippen molar-refractivity contribution in [1.82, 2.24) is 15.5 Å². The van der Waals surface area contributed by atoms with Crippen molar-refractivity contribution in [3.05, 3.63) is 42.5 Å². The number of piperidine rings is 1. The number of nitrogens with one attached hydrogen (secondary N) is 2. The van der Waals surface area contributed by atoms with Crippen LogP contribution in [0.5, 0.6) is 5.75 Å². The lowest BCUT2D eigenvalue weighted by molar-refractivity contribution is 0.183. The van der Waals surface area contributed by atoms with E-state index >= 15 is 0 Å². The SMILES string of the molecule is C=CCOc1ccccc1CN=C(NCC)NCC1CCCN(CC)C1.I. The maximum Gasteiger partial charge on any atom is 0.191 e. The minimum atomic E-state index is 0. The number of nitrogens with zero attached hydrogens (tertiary/aromatic N) is 2. The summed E-state index contributed by atoms with van der Waals surface area (Å²) in [5.74, 6) is 2.44. The molecule has 0 radical (unpaired) electrons. The van der Waals surface area contributed by atoms with Crippen molar-refractivity contribution >= 4 is 29.9 Å². The Morgan fingerprint density at radius 3 is 2.89 bits per heavy atom. The topological polar surface area (TPSA) is 48.9 Å². The van der Waals surface area contributed by atoms with Gasteiger partial charge in [-0.2, -0.15) is 0 Å². The van der Waals surface area contributed by atoms with E-state index in [9.17, 15) is 0 Å². The highest BCUT2D eigenvalue weighted by Crippen LogP contribution is 2.19. The summed E-state index contributed by atoms with van der Waals surface area (Å²) in [6.07, 6.45) is 4.35. The number of rotatable bonds is 9. The van der Waals surface area contributed by atoms with Crippen LogP contribution in [-0.2, 0) is 6.54 Å². The van der Waals surface area contributed by atoms with Gasteiger partial charge in [0.05, 0.1) is 6.54 Å². The number of halogens is 1. The summed E-state index contributed by atoms with van der Waals surface area (Å²) in [4.78, 5) is 7.29. The lowest BCUT2D eigenvalue weighted by Gasteiger charge is -2.32. The summed E-state index contributed by atoms with van der Waals surface area (Å²) in [6, 6.07) is 8.05. The molecule has 1 fully saturated rings. The van der Waals surface area contributed by atoms with Gasteiger partial charge < -0.3 is 20.3 Å². The Morgan fingerprint density at radius 1 is 1.33 bits per heavy atom. The molecule has 2 rings (SSSR count). The zero-order valence-electron chi connectivity index (χ0n) is 16.7. The molecule has 0 bridgehead atoms. The van der Waals surface area contributed by atoms with E-state index in [0.717, 1.165) is 36.9 Å². The second kappa shape index (κ2) is 13.8. The highest BCUT2D eigenvalue weighted by Gasteiger charge is 2.18. The van der Waals surface area contributed by atoms with Crippen LogP contribution in [0.4, 0.5) is 0 Å². The fourth-order valence-corrected chi connectivity index (χ4v) is 3.28. The van der Waals surface area contributed by atoms with Crippen molar-refractivity contribution in [2.75, 3.05) is 39.3 Å². The molecule has 5 nitrogen and oxygen atoms in total.